The second-order valence-corrected chi connectivity index (χ2v) is 7.64. The number of aromatic amines is 1. The molecule has 0 spiro atoms. The molecule has 7 nitrogen and oxygen atoms in total. The topological polar surface area (TPSA) is 70.1 Å². The predicted molar refractivity (Wildman–Crippen MR) is 104 cm³/mol. The van der Waals surface area contributed by atoms with Crippen LogP contribution in [0.15, 0.2) is 36.7 Å². The van der Waals surface area contributed by atoms with Crippen molar-refractivity contribution < 1.29 is 4.79 Å². The van der Waals surface area contributed by atoms with Crippen LogP contribution in [-0.4, -0.2) is 56.2 Å². The van der Waals surface area contributed by atoms with Crippen molar-refractivity contribution in [2.75, 3.05) is 24.5 Å². The second-order valence-electron chi connectivity index (χ2n) is 7.64. The molecule has 2 aliphatic rings. The van der Waals surface area contributed by atoms with Crippen molar-refractivity contribution in [3.8, 4) is 0 Å². The standard InChI is InChI=1S/C20H24N6O/c1-24-13-15(11-21-24)26-10-8-18(20(26)27)25-9-4-5-14(12-25)19-22-16-6-2-3-7-17(16)23-19/h2-3,6-7,11,13-14,18H,4-5,8-10,12H2,1H3,(H,22,23)/t14-,18+/m1/s1. The highest BCUT2D eigenvalue weighted by Crippen LogP contribution is 2.31. The van der Waals surface area contributed by atoms with Gasteiger partial charge in [0.25, 0.3) is 0 Å². The van der Waals surface area contributed by atoms with Crippen molar-refractivity contribution >= 4 is 22.6 Å². The summed E-state index contributed by atoms with van der Waals surface area (Å²) in [4.78, 5) is 25.5. The third kappa shape index (κ3) is 2.92. The van der Waals surface area contributed by atoms with Gasteiger partial charge >= 0.3 is 0 Å². The average Bonchev–Trinajstić information content (AvgIpc) is 3.39. The number of anilines is 1. The monoisotopic (exact) mass is 364 g/mol. The molecule has 2 fully saturated rings. The maximum absolute atomic E-state index is 13.0. The summed E-state index contributed by atoms with van der Waals surface area (Å²) < 4.78 is 1.74. The number of likely N-dealkylation sites (tertiary alicyclic amines) is 1. The van der Waals surface area contributed by atoms with E-state index < -0.39 is 0 Å². The number of benzene rings is 1. The lowest BCUT2D eigenvalue weighted by molar-refractivity contribution is -0.122. The molecule has 2 atom stereocenters. The Balaban J connectivity index is 1.33. The first-order chi connectivity index (χ1) is 13.2. The number of hydrogen-bond donors (Lipinski definition) is 1. The van der Waals surface area contributed by atoms with Gasteiger partial charge in [-0.2, -0.15) is 5.10 Å². The fraction of sp³-hybridized carbons (Fsp3) is 0.450. The lowest BCUT2D eigenvalue weighted by Crippen LogP contribution is -2.46. The Kier molecular flexibility index (Phi) is 3.97. The molecule has 4 heterocycles. The Morgan fingerprint density at radius 2 is 2.07 bits per heavy atom. The van der Waals surface area contributed by atoms with E-state index in [4.69, 9.17) is 4.98 Å². The molecular formula is C20H24N6O. The first-order valence-electron chi connectivity index (χ1n) is 9.68. The molecule has 2 aromatic heterocycles. The predicted octanol–water partition coefficient (Wildman–Crippen LogP) is 2.28. The molecule has 140 valence electrons. The van der Waals surface area contributed by atoms with Gasteiger partial charge in [-0.25, -0.2) is 4.98 Å². The molecule has 2 aliphatic heterocycles. The van der Waals surface area contributed by atoms with E-state index in [2.05, 4.69) is 21.0 Å². The zero-order valence-corrected chi connectivity index (χ0v) is 15.5. The molecule has 1 N–H and O–H groups in total. The highest BCUT2D eigenvalue weighted by molar-refractivity contribution is 5.99. The van der Waals surface area contributed by atoms with Crippen LogP contribution in [0.25, 0.3) is 11.0 Å². The number of aromatic nitrogens is 4. The number of rotatable bonds is 3. The molecule has 1 amide bonds. The molecule has 5 rings (SSSR count). The van der Waals surface area contributed by atoms with Gasteiger partial charge in [-0.1, -0.05) is 12.1 Å². The molecule has 27 heavy (non-hydrogen) atoms. The minimum atomic E-state index is -0.0302. The number of hydrogen-bond acceptors (Lipinski definition) is 4. The Hall–Kier alpha value is -2.67. The quantitative estimate of drug-likeness (QED) is 0.774. The average molecular weight is 364 g/mol. The van der Waals surface area contributed by atoms with Crippen LogP contribution in [0.1, 0.15) is 31.0 Å². The fourth-order valence-electron chi connectivity index (χ4n) is 4.49. The summed E-state index contributed by atoms with van der Waals surface area (Å²) in [6.07, 6.45) is 6.77. The van der Waals surface area contributed by atoms with Gasteiger partial charge in [0, 0.05) is 32.3 Å². The summed E-state index contributed by atoms with van der Waals surface area (Å²) in [5.74, 6) is 1.61. The number of amides is 1. The van der Waals surface area contributed by atoms with E-state index in [1.165, 1.54) is 0 Å². The lowest BCUT2D eigenvalue weighted by Gasteiger charge is -2.35. The van der Waals surface area contributed by atoms with Crippen molar-refractivity contribution in [3.05, 3.63) is 42.5 Å². The number of imidazole rings is 1. The number of nitrogens with one attached hydrogen (secondary N) is 1. The highest BCUT2D eigenvalue weighted by atomic mass is 16.2. The highest BCUT2D eigenvalue weighted by Gasteiger charge is 2.39. The molecule has 3 aromatic rings. The number of fused-ring (bicyclic) bond motifs is 1. The van der Waals surface area contributed by atoms with Crippen LogP contribution in [0.3, 0.4) is 0 Å². The Bertz CT molecular complexity index is 943. The maximum atomic E-state index is 13.0. The number of carbonyl (C=O) groups excluding carboxylic acids is 1. The van der Waals surface area contributed by atoms with Gasteiger partial charge in [0.15, 0.2) is 0 Å². The van der Waals surface area contributed by atoms with E-state index in [1.54, 1.807) is 10.9 Å². The molecule has 7 heteroatoms. The van der Waals surface area contributed by atoms with Crippen molar-refractivity contribution in [2.45, 2.75) is 31.2 Å². The minimum Gasteiger partial charge on any atom is -0.342 e. The molecule has 2 saturated heterocycles. The zero-order valence-electron chi connectivity index (χ0n) is 15.5. The van der Waals surface area contributed by atoms with Gasteiger partial charge in [0.1, 0.15) is 5.82 Å². The summed E-state index contributed by atoms with van der Waals surface area (Å²) in [6.45, 7) is 2.63. The minimum absolute atomic E-state index is 0.0302. The number of H-pyrrole nitrogens is 1. The van der Waals surface area contributed by atoms with Crippen molar-refractivity contribution in [1.29, 1.82) is 0 Å². The third-order valence-electron chi connectivity index (χ3n) is 5.87. The Labute approximate surface area is 158 Å². The van der Waals surface area contributed by atoms with E-state index in [0.717, 1.165) is 61.4 Å². The SMILES string of the molecule is Cn1cc(N2CC[C@H](N3CCC[C@@H](c4nc5ccccc5[nH]4)C3)C2=O)cn1. The van der Waals surface area contributed by atoms with Crippen LogP contribution >= 0.6 is 0 Å². The van der Waals surface area contributed by atoms with Crippen LogP contribution in [0.2, 0.25) is 0 Å². The zero-order chi connectivity index (χ0) is 18.4. The number of para-hydroxylation sites is 2. The molecule has 0 aliphatic carbocycles. The molecule has 0 radical (unpaired) electrons. The van der Waals surface area contributed by atoms with E-state index in [-0.39, 0.29) is 11.9 Å². The summed E-state index contributed by atoms with van der Waals surface area (Å²) >= 11 is 0. The molecule has 0 bridgehead atoms. The van der Waals surface area contributed by atoms with E-state index in [0.29, 0.717) is 5.92 Å². The number of carbonyl (C=O) groups is 1. The van der Waals surface area contributed by atoms with Crippen LogP contribution in [0, 0.1) is 0 Å². The molecule has 0 unspecified atom stereocenters. The van der Waals surface area contributed by atoms with Crippen LogP contribution in [0.5, 0.6) is 0 Å². The number of aryl methyl sites for hydroxylation is 1. The van der Waals surface area contributed by atoms with Gasteiger partial charge in [0.05, 0.1) is 29.0 Å². The van der Waals surface area contributed by atoms with Gasteiger partial charge in [0.2, 0.25) is 5.91 Å². The summed E-state index contributed by atoms with van der Waals surface area (Å²) in [7, 11) is 1.88. The molecule has 1 aromatic carbocycles. The summed E-state index contributed by atoms with van der Waals surface area (Å²) in [5.41, 5.74) is 3.00. The maximum Gasteiger partial charge on any atom is 0.244 e. The third-order valence-corrected chi connectivity index (χ3v) is 5.87. The number of nitrogens with zero attached hydrogens (tertiary/aromatic N) is 5. The van der Waals surface area contributed by atoms with Crippen molar-refractivity contribution in [3.63, 3.8) is 0 Å². The fourth-order valence-corrected chi connectivity index (χ4v) is 4.49. The van der Waals surface area contributed by atoms with Crippen LogP contribution < -0.4 is 4.90 Å². The smallest absolute Gasteiger partial charge is 0.244 e. The van der Waals surface area contributed by atoms with Crippen LogP contribution in [-0.2, 0) is 11.8 Å². The first-order valence-corrected chi connectivity index (χ1v) is 9.68. The van der Waals surface area contributed by atoms with E-state index >= 15 is 0 Å². The molecular weight excluding hydrogens is 340 g/mol. The van der Waals surface area contributed by atoms with Gasteiger partial charge in [-0.3, -0.25) is 14.4 Å². The number of piperidine rings is 1. The van der Waals surface area contributed by atoms with Gasteiger partial charge < -0.3 is 9.88 Å². The van der Waals surface area contributed by atoms with E-state index in [1.807, 2.05) is 36.3 Å². The second kappa shape index (κ2) is 6.49. The first kappa shape index (κ1) is 16.5. The Morgan fingerprint density at radius 1 is 1.19 bits per heavy atom. The Morgan fingerprint density at radius 3 is 2.89 bits per heavy atom. The van der Waals surface area contributed by atoms with Crippen molar-refractivity contribution in [1.82, 2.24) is 24.6 Å². The summed E-state index contributed by atoms with van der Waals surface area (Å²) in [5, 5.41) is 4.20. The van der Waals surface area contributed by atoms with Gasteiger partial charge in [-0.15, -0.1) is 0 Å². The van der Waals surface area contributed by atoms with Crippen LogP contribution in [0.4, 0.5) is 5.69 Å². The van der Waals surface area contributed by atoms with E-state index in [9.17, 15) is 4.79 Å². The molecule has 0 saturated carbocycles. The normalized spacial score (nSPS) is 24.2. The van der Waals surface area contributed by atoms with Crippen molar-refractivity contribution in [2.24, 2.45) is 7.05 Å². The van der Waals surface area contributed by atoms with Gasteiger partial charge in [-0.05, 0) is 37.9 Å². The largest absolute Gasteiger partial charge is 0.342 e. The lowest BCUT2D eigenvalue weighted by atomic mass is 9.95. The summed E-state index contributed by atoms with van der Waals surface area (Å²) in [6, 6.07) is 8.13.